The van der Waals surface area contributed by atoms with Crippen LogP contribution in [0.3, 0.4) is 0 Å². The van der Waals surface area contributed by atoms with Crippen LogP contribution in [0.4, 0.5) is 0 Å². The van der Waals surface area contributed by atoms with Crippen LogP contribution in [0.1, 0.15) is 0 Å². The third kappa shape index (κ3) is 2.78. The minimum Gasteiger partial charge on any atom is -0.309 e. The molecule has 0 radical (unpaired) electrons. The molecule has 1 nitrogen and oxygen atoms in total. The van der Waals surface area contributed by atoms with Crippen LogP contribution in [0.15, 0.2) is 109 Å². The second-order valence-corrected chi connectivity index (χ2v) is 9.80. The van der Waals surface area contributed by atoms with Crippen LogP contribution in [0, 0.1) is 0 Å². The summed E-state index contributed by atoms with van der Waals surface area (Å²) in [7, 11) is 0. The highest BCUT2D eigenvalue weighted by molar-refractivity contribution is 7.26. The van der Waals surface area contributed by atoms with Gasteiger partial charge in [0, 0.05) is 47.1 Å². The Kier molecular flexibility index (Phi) is 4.14. The summed E-state index contributed by atoms with van der Waals surface area (Å²) < 4.78 is 5.00. The molecule has 0 atom stereocenters. The van der Waals surface area contributed by atoms with Crippen molar-refractivity contribution in [1.82, 2.24) is 4.57 Å². The van der Waals surface area contributed by atoms with Crippen molar-refractivity contribution in [3.63, 3.8) is 0 Å². The van der Waals surface area contributed by atoms with Gasteiger partial charge in [0.2, 0.25) is 0 Å². The molecule has 7 rings (SSSR count). The molecule has 2 aromatic heterocycles. The molecular weight excluding hydrogens is 442 g/mol. The van der Waals surface area contributed by atoms with E-state index in [0.717, 1.165) is 16.2 Å². The Balaban J connectivity index is 1.60. The standard InChI is InChI=1S/C30H18ClNS/c31-19-16-17-22-20-8-1-4-13-26(20)32(28(22)18-19)27-14-5-2-9-21(27)24-11-7-12-25-23-10-3-6-15-29(23)33-30(24)25/h1-18H. The predicted molar refractivity (Wildman–Crippen MR) is 144 cm³/mol. The fraction of sp³-hybridized carbons (Fsp3) is 0. The monoisotopic (exact) mass is 459 g/mol. The van der Waals surface area contributed by atoms with Gasteiger partial charge in [-0.2, -0.15) is 0 Å². The van der Waals surface area contributed by atoms with Crippen LogP contribution in [-0.4, -0.2) is 4.57 Å². The first-order valence-corrected chi connectivity index (χ1v) is 12.2. The maximum Gasteiger partial charge on any atom is 0.0556 e. The molecule has 7 aromatic rings. The zero-order valence-electron chi connectivity index (χ0n) is 17.6. The Hall–Kier alpha value is -3.59. The van der Waals surface area contributed by atoms with E-state index in [2.05, 4.69) is 108 Å². The molecule has 2 heterocycles. The molecule has 0 unspecified atom stereocenters. The zero-order chi connectivity index (χ0) is 21.9. The van der Waals surface area contributed by atoms with Crippen LogP contribution in [0.5, 0.6) is 0 Å². The Morgan fingerprint density at radius 2 is 1.24 bits per heavy atom. The number of hydrogen-bond donors (Lipinski definition) is 0. The SMILES string of the molecule is Clc1ccc2c3ccccc3n(-c3ccccc3-c3cccc4c3sc3ccccc34)c2c1. The van der Waals surface area contributed by atoms with Crippen molar-refractivity contribution in [3.8, 4) is 16.8 Å². The van der Waals surface area contributed by atoms with Crippen LogP contribution in [0.25, 0.3) is 58.8 Å². The fourth-order valence-corrected chi connectivity index (χ4v) is 6.46. The van der Waals surface area contributed by atoms with Gasteiger partial charge in [-0.1, -0.05) is 90.5 Å². The molecule has 0 bridgehead atoms. The number of fused-ring (bicyclic) bond motifs is 6. The largest absolute Gasteiger partial charge is 0.309 e. The van der Waals surface area contributed by atoms with E-state index < -0.39 is 0 Å². The van der Waals surface area contributed by atoms with E-state index in [9.17, 15) is 0 Å². The van der Waals surface area contributed by atoms with Gasteiger partial charge < -0.3 is 4.57 Å². The number of aromatic nitrogens is 1. The molecule has 3 heteroatoms. The van der Waals surface area contributed by atoms with E-state index in [1.807, 2.05) is 17.4 Å². The van der Waals surface area contributed by atoms with Gasteiger partial charge in [-0.25, -0.2) is 0 Å². The molecule has 0 saturated carbocycles. The molecule has 0 amide bonds. The third-order valence-corrected chi connectivity index (χ3v) is 7.93. The van der Waals surface area contributed by atoms with Crippen LogP contribution < -0.4 is 0 Å². The minimum atomic E-state index is 0.746. The average molecular weight is 460 g/mol. The molecule has 0 N–H and O–H groups in total. The Labute approximate surface area is 200 Å². The van der Waals surface area contributed by atoms with E-state index >= 15 is 0 Å². The van der Waals surface area contributed by atoms with E-state index in [-0.39, 0.29) is 0 Å². The van der Waals surface area contributed by atoms with Gasteiger partial charge in [-0.3, -0.25) is 0 Å². The quantitative estimate of drug-likeness (QED) is 0.242. The lowest BCUT2D eigenvalue weighted by Gasteiger charge is -2.14. The molecule has 33 heavy (non-hydrogen) atoms. The van der Waals surface area contributed by atoms with Gasteiger partial charge in [0.25, 0.3) is 0 Å². The summed E-state index contributed by atoms with van der Waals surface area (Å²) in [6.45, 7) is 0. The van der Waals surface area contributed by atoms with Crippen LogP contribution >= 0.6 is 22.9 Å². The summed E-state index contributed by atoms with van der Waals surface area (Å²) in [6, 6.07) is 38.8. The first-order chi connectivity index (χ1) is 16.3. The van der Waals surface area contributed by atoms with Crippen LogP contribution in [0.2, 0.25) is 5.02 Å². The number of thiophene rings is 1. The van der Waals surface area contributed by atoms with Gasteiger partial charge in [0.1, 0.15) is 0 Å². The van der Waals surface area contributed by atoms with Gasteiger partial charge in [0.05, 0.1) is 16.7 Å². The van der Waals surface area contributed by atoms with E-state index in [1.54, 1.807) is 0 Å². The van der Waals surface area contributed by atoms with Crippen molar-refractivity contribution < 1.29 is 0 Å². The Bertz CT molecular complexity index is 1840. The summed E-state index contributed by atoms with van der Waals surface area (Å²) in [6.07, 6.45) is 0. The zero-order valence-corrected chi connectivity index (χ0v) is 19.2. The average Bonchev–Trinajstić information content (AvgIpc) is 3.39. The molecule has 0 aliphatic heterocycles. The Morgan fingerprint density at radius 1 is 0.545 bits per heavy atom. The lowest BCUT2D eigenvalue weighted by Crippen LogP contribution is -1.97. The minimum absolute atomic E-state index is 0.746. The lowest BCUT2D eigenvalue weighted by molar-refractivity contribution is 1.18. The smallest absolute Gasteiger partial charge is 0.0556 e. The fourth-order valence-electron chi connectivity index (χ4n) is 5.06. The van der Waals surface area contributed by atoms with Crippen LogP contribution in [-0.2, 0) is 0 Å². The molecule has 5 aromatic carbocycles. The number of para-hydroxylation sites is 2. The number of halogens is 1. The highest BCUT2D eigenvalue weighted by Gasteiger charge is 2.17. The highest BCUT2D eigenvalue weighted by Crippen LogP contribution is 2.43. The molecule has 156 valence electrons. The molecule has 0 saturated heterocycles. The van der Waals surface area contributed by atoms with Crippen molar-refractivity contribution in [2.24, 2.45) is 0 Å². The third-order valence-electron chi connectivity index (χ3n) is 6.48. The van der Waals surface area contributed by atoms with E-state index in [4.69, 9.17) is 11.6 Å². The summed E-state index contributed by atoms with van der Waals surface area (Å²) >= 11 is 8.34. The topological polar surface area (TPSA) is 4.93 Å². The Morgan fingerprint density at radius 3 is 2.18 bits per heavy atom. The molecule has 0 fully saturated rings. The van der Waals surface area contributed by atoms with Crippen molar-refractivity contribution in [1.29, 1.82) is 0 Å². The summed E-state index contributed by atoms with van der Waals surface area (Å²) in [5.74, 6) is 0. The number of rotatable bonds is 2. The maximum absolute atomic E-state index is 6.47. The van der Waals surface area contributed by atoms with Gasteiger partial charge >= 0.3 is 0 Å². The van der Waals surface area contributed by atoms with Crippen molar-refractivity contribution in [2.75, 3.05) is 0 Å². The van der Waals surface area contributed by atoms with Gasteiger partial charge in [0.15, 0.2) is 0 Å². The molecule has 0 aliphatic carbocycles. The number of benzene rings is 5. The van der Waals surface area contributed by atoms with Crippen molar-refractivity contribution >= 4 is 64.9 Å². The van der Waals surface area contributed by atoms with Crippen molar-refractivity contribution in [3.05, 3.63) is 114 Å². The van der Waals surface area contributed by atoms with Crippen molar-refractivity contribution in [2.45, 2.75) is 0 Å². The summed E-state index contributed by atoms with van der Waals surface area (Å²) in [5, 5.41) is 5.83. The normalized spacial score (nSPS) is 11.8. The number of nitrogens with zero attached hydrogens (tertiary/aromatic N) is 1. The lowest BCUT2D eigenvalue weighted by atomic mass is 10.0. The summed E-state index contributed by atoms with van der Waals surface area (Å²) in [5.41, 5.74) is 5.95. The highest BCUT2D eigenvalue weighted by atomic mass is 35.5. The van der Waals surface area contributed by atoms with E-state index in [0.29, 0.717) is 0 Å². The molecule has 0 spiro atoms. The second-order valence-electron chi connectivity index (χ2n) is 8.31. The van der Waals surface area contributed by atoms with E-state index in [1.165, 1.54) is 47.6 Å². The molecular formula is C30H18ClNS. The number of hydrogen-bond acceptors (Lipinski definition) is 1. The first-order valence-electron chi connectivity index (χ1n) is 11.0. The predicted octanol–water partition coefficient (Wildman–Crippen LogP) is 9.47. The van der Waals surface area contributed by atoms with Gasteiger partial charge in [-0.15, -0.1) is 11.3 Å². The summed E-state index contributed by atoms with van der Waals surface area (Å²) in [4.78, 5) is 0. The maximum atomic E-state index is 6.47. The second kappa shape index (κ2) is 7.21. The van der Waals surface area contributed by atoms with Gasteiger partial charge in [-0.05, 0) is 30.3 Å². The first kappa shape index (κ1) is 18.9. The molecule has 0 aliphatic rings.